The van der Waals surface area contributed by atoms with Gasteiger partial charge >= 0.3 is 0 Å². The third kappa shape index (κ3) is 4.68. The molecule has 0 unspecified atom stereocenters. The second-order valence-corrected chi connectivity index (χ2v) is 15.1. The number of thiophene rings is 1. The number of nitrogens with zero attached hydrogens (tertiary/aromatic N) is 4. The Morgan fingerprint density at radius 3 is 1.91 bits per heavy atom. The number of hydrogen-bond acceptors (Lipinski definition) is 5. The molecule has 0 amide bonds. The van der Waals surface area contributed by atoms with Crippen molar-refractivity contribution in [2.24, 2.45) is 0 Å². The monoisotopic (exact) mass is 720 g/mol. The van der Waals surface area contributed by atoms with Crippen LogP contribution in [0.3, 0.4) is 0 Å². The molecule has 6 heteroatoms. The Hall–Kier alpha value is -7.15. The van der Waals surface area contributed by atoms with E-state index in [4.69, 9.17) is 19.4 Å². The van der Waals surface area contributed by atoms with Crippen LogP contribution in [0.1, 0.15) is 0 Å². The maximum absolute atomic E-state index is 6.67. The fourth-order valence-electron chi connectivity index (χ4n) is 8.27. The summed E-state index contributed by atoms with van der Waals surface area (Å²) in [4.78, 5) is 15.5. The molecule has 256 valence electrons. The van der Waals surface area contributed by atoms with Gasteiger partial charge in [-0.15, -0.1) is 11.3 Å². The lowest BCUT2D eigenvalue weighted by molar-refractivity contribution is 0.669. The van der Waals surface area contributed by atoms with Crippen molar-refractivity contribution in [3.05, 3.63) is 170 Å². The van der Waals surface area contributed by atoms with Crippen molar-refractivity contribution in [3.63, 3.8) is 0 Å². The van der Waals surface area contributed by atoms with E-state index in [0.717, 1.165) is 55.3 Å². The molecular weight excluding hydrogens is 693 g/mol. The summed E-state index contributed by atoms with van der Waals surface area (Å²) in [5.74, 6) is 1.82. The Morgan fingerprint density at radius 2 is 1.05 bits per heavy atom. The first-order valence-electron chi connectivity index (χ1n) is 18.3. The van der Waals surface area contributed by atoms with Crippen molar-refractivity contribution >= 4 is 86.0 Å². The fraction of sp³-hybridized carbons (Fsp3) is 0. The van der Waals surface area contributed by atoms with Gasteiger partial charge in [-0.25, -0.2) is 15.0 Å². The van der Waals surface area contributed by atoms with E-state index in [-0.39, 0.29) is 0 Å². The van der Waals surface area contributed by atoms with E-state index in [9.17, 15) is 0 Å². The molecule has 12 aromatic rings. The molecule has 0 fully saturated rings. The lowest BCUT2D eigenvalue weighted by atomic mass is 10.1. The van der Waals surface area contributed by atoms with Crippen molar-refractivity contribution in [2.75, 3.05) is 0 Å². The SMILES string of the molecule is c1ccc(-c2nc(-c3cc(-n4c5ccccc5c5cc6ccccc6cc54)c4c(c3)oc3ccccc34)nc(-c3ccc4c(c3)sc3ccccc34)n2)cc1. The van der Waals surface area contributed by atoms with Crippen LogP contribution in [0.5, 0.6) is 0 Å². The summed E-state index contributed by atoms with van der Waals surface area (Å²) in [5, 5.41) is 9.40. The number of fused-ring (bicyclic) bond motifs is 10. The molecule has 0 aliphatic carbocycles. The van der Waals surface area contributed by atoms with Crippen molar-refractivity contribution < 1.29 is 4.42 Å². The van der Waals surface area contributed by atoms with E-state index >= 15 is 0 Å². The molecular formula is C49H28N4OS. The molecule has 0 bridgehead atoms. The summed E-state index contributed by atoms with van der Waals surface area (Å²) in [6, 6.07) is 59.7. The number of para-hydroxylation sites is 2. The molecule has 0 aliphatic rings. The lowest BCUT2D eigenvalue weighted by Crippen LogP contribution is -2.01. The minimum atomic E-state index is 0.579. The van der Waals surface area contributed by atoms with Crippen LogP contribution in [-0.2, 0) is 0 Å². The first-order chi connectivity index (χ1) is 27.2. The highest BCUT2D eigenvalue weighted by Crippen LogP contribution is 2.42. The molecule has 0 saturated heterocycles. The molecule has 0 N–H and O–H groups in total. The molecule has 12 rings (SSSR count). The normalized spacial score (nSPS) is 12.0. The molecule has 0 spiro atoms. The Kier molecular flexibility index (Phi) is 6.44. The molecule has 0 atom stereocenters. The highest BCUT2D eigenvalue weighted by atomic mass is 32.1. The molecule has 0 radical (unpaired) electrons. The van der Waals surface area contributed by atoms with Gasteiger partial charge in [0.25, 0.3) is 0 Å². The molecule has 55 heavy (non-hydrogen) atoms. The van der Waals surface area contributed by atoms with Gasteiger partial charge in [-0.3, -0.25) is 0 Å². The van der Waals surface area contributed by atoms with Crippen LogP contribution in [0, 0.1) is 0 Å². The van der Waals surface area contributed by atoms with Crippen LogP contribution >= 0.6 is 11.3 Å². The average molecular weight is 721 g/mol. The molecule has 4 aromatic heterocycles. The number of rotatable bonds is 4. The van der Waals surface area contributed by atoms with Gasteiger partial charge in [0.1, 0.15) is 11.2 Å². The largest absolute Gasteiger partial charge is 0.456 e. The summed E-state index contributed by atoms with van der Waals surface area (Å²) < 4.78 is 11.5. The van der Waals surface area contributed by atoms with Crippen LogP contribution in [-0.4, -0.2) is 19.5 Å². The van der Waals surface area contributed by atoms with E-state index < -0.39 is 0 Å². The van der Waals surface area contributed by atoms with Crippen LogP contribution in [0.25, 0.3) is 115 Å². The Labute approximate surface area is 318 Å². The van der Waals surface area contributed by atoms with E-state index in [1.807, 2.05) is 42.5 Å². The predicted molar refractivity (Wildman–Crippen MR) is 228 cm³/mol. The second kappa shape index (κ2) is 11.7. The third-order valence-electron chi connectivity index (χ3n) is 10.8. The minimum Gasteiger partial charge on any atom is -0.456 e. The second-order valence-electron chi connectivity index (χ2n) is 14.0. The van der Waals surface area contributed by atoms with Gasteiger partial charge in [0.2, 0.25) is 0 Å². The zero-order chi connectivity index (χ0) is 36.0. The molecule has 4 heterocycles. The van der Waals surface area contributed by atoms with E-state index in [0.29, 0.717) is 17.5 Å². The summed E-state index contributed by atoms with van der Waals surface area (Å²) in [7, 11) is 0. The predicted octanol–water partition coefficient (Wildman–Crippen LogP) is 13.4. The highest BCUT2D eigenvalue weighted by Gasteiger charge is 2.22. The van der Waals surface area contributed by atoms with Crippen LogP contribution < -0.4 is 0 Å². The fourth-order valence-corrected chi connectivity index (χ4v) is 9.41. The van der Waals surface area contributed by atoms with E-state index in [1.54, 1.807) is 11.3 Å². The summed E-state index contributed by atoms with van der Waals surface area (Å²) in [5.41, 5.74) is 7.58. The van der Waals surface area contributed by atoms with Crippen molar-refractivity contribution in [3.8, 4) is 39.9 Å². The topological polar surface area (TPSA) is 56.7 Å². The smallest absolute Gasteiger partial charge is 0.164 e. The van der Waals surface area contributed by atoms with Crippen LogP contribution in [0.4, 0.5) is 0 Å². The van der Waals surface area contributed by atoms with Crippen LogP contribution in [0.15, 0.2) is 174 Å². The van der Waals surface area contributed by atoms with Gasteiger partial charge in [-0.05, 0) is 59.3 Å². The standard InChI is InChI=1S/C49H28N4OS/c1-2-12-29(13-3-1)47-50-48(32-22-23-36-35-17-8-11-21-44(35)55-45(36)28-32)52-49(51-47)33-26-41(46-37-18-7-10-20-42(37)54-43(46)27-33)53-39-19-9-6-16-34(39)38-24-30-14-4-5-15-31(30)25-40(38)53/h1-28H. The number of benzene rings is 8. The zero-order valence-corrected chi connectivity index (χ0v) is 30.1. The Morgan fingerprint density at radius 1 is 0.400 bits per heavy atom. The van der Waals surface area contributed by atoms with Gasteiger partial charge in [0, 0.05) is 53.0 Å². The van der Waals surface area contributed by atoms with Crippen molar-refractivity contribution in [1.82, 2.24) is 19.5 Å². The van der Waals surface area contributed by atoms with Gasteiger partial charge in [-0.1, -0.05) is 121 Å². The first-order valence-corrected chi connectivity index (χ1v) is 19.2. The lowest BCUT2D eigenvalue weighted by Gasteiger charge is -2.13. The quantitative estimate of drug-likeness (QED) is 0.182. The van der Waals surface area contributed by atoms with Gasteiger partial charge in [0.15, 0.2) is 17.5 Å². The van der Waals surface area contributed by atoms with Gasteiger partial charge in [-0.2, -0.15) is 0 Å². The Balaban J connectivity index is 1.15. The molecule has 8 aromatic carbocycles. The Bertz CT molecular complexity index is 3500. The number of aromatic nitrogens is 4. The minimum absolute atomic E-state index is 0.579. The van der Waals surface area contributed by atoms with Gasteiger partial charge < -0.3 is 8.98 Å². The first kappa shape index (κ1) is 30.3. The summed E-state index contributed by atoms with van der Waals surface area (Å²) >= 11 is 1.79. The summed E-state index contributed by atoms with van der Waals surface area (Å²) in [6.45, 7) is 0. The maximum atomic E-state index is 6.67. The average Bonchev–Trinajstić information content (AvgIpc) is 3.91. The number of furan rings is 1. The van der Waals surface area contributed by atoms with E-state index in [1.165, 1.54) is 41.7 Å². The summed E-state index contributed by atoms with van der Waals surface area (Å²) in [6.07, 6.45) is 0. The molecule has 0 aliphatic heterocycles. The maximum Gasteiger partial charge on any atom is 0.164 e. The third-order valence-corrected chi connectivity index (χ3v) is 11.9. The van der Waals surface area contributed by atoms with E-state index in [2.05, 4.69) is 132 Å². The van der Waals surface area contributed by atoms with Crippen molar-refractivity contribution in [2.45, 2.75) is 0 Å². The van der Waals surface area contributed by atoms with Crippen LogP contribution in [0.2, 0.25) is 0 Å². The number of hydrogen-bond donors (Lipinski definition) is 0. The van der Waals surface area contributed by atoms with Crippen molar-refractivity contribution in [1.29, 1.82) is 0 Å². The molecule has 5 nitrogen and oxygen atoms in total. The zero-order valence-electron chi connectivity index (χ0n) is 29.3. The highest BCUT2D eigenvalue weighted by molar-refractivity contribution is 7.25. The molecule has 0 saturated carbocycles. The van der Waals surface area contributed by atoms with Gasteiger partial charge in [0.05, 0.1) is 22.1 Å².